The Morgan fingerprint density at radius 1 is 1.20 bits per heavy atom. The van der Waals surface area contributed by atoms with Crippen LogP contribution in [0.4, 0.5) is 10.1 Å². The van der Waals surface area contributed by atoms with Crippen LogP contribution in [0.2, 0.25) is 5.15 Å². The van der Waals surface area contributed by atoms with Crippen molar-refractivity contribution in [2.24, 2.45) is 5.92 Å². The minimum atomic E-state index is -0.226. The average Bonchev–Trinajstić information content (AvgIpc) is 2.41. The van der Waals surface area contributed by atoms with Crippen molar-refractivity contribution in [1.82, 2.24) is 4.98 Å². The molecule has 0 spiro atoms. The summed E-state index contributed by atoms with van der Waals surface area (Å²) in [4.78, 5) is 5.08. The van der Waals surface area contributed by atoms with Crippen LogP contribution in [0.1, 0.15) is 13.8 Å². The van der Waals surface area contributed by atoms with Crippen LogP contribution >= 0.6 is 23.5 Å². The third-order valence-corrected chi connectivity index (χ3v) is 3.82. The molecule has 1 aromatic heterocycles. The predicted molar refractivity (Wildman–Crippen MR) is 83.7 cm³/mol. The highest BCUT2D eigenvalue weighted by molar-refractivity contribution is 8.00. The molecule has 0 N–H and O–H groups in total. The molecule has 5 heteroatoms. The minimum absolute atomic E-state index is 0.226. The van der Waals surface area contributed by atoms with Crippen molar-refractivity contribution in [2.75, 3.05) is 10.8 Å². The lowest BCUT2D eigenvalue weighted by Gasteiger charge is -2.25. The zero-order valence-corrected chi connectivity index (χ0v) is 13.0. The number of aromatic nitrogens is 1. The Morgan fingerprint density at radius 2 is 1.90 bits per heavy atom. The van der Waals surface area contributed by atoms with E-state index in [1.54, 1.807) is 36.3 Å². The smallest absolute Gasteiger partial charge is 0.129 e. The van der Waals surface area contributed by atoms with Gasteiger partial charge in [-0.3, -0.25) is 0 Å². The normalized spacial score (nSPS) is 10.8. The van der Waals surface area contributed by atoms with Gasteiger partial charge in [0.05, 0.1) is 0 Å². The van der Waals surface area contributed by atoms with E-state index in [2.05, 4.69) is 23.1 Å². The van der Waals surface area contributed by atoms with Gasteiger partial charge in [0, 0.05) is 23.3 Å². The fraction of sp³-hybridized carbons (Fsp3) is 0.267. The molecule has 0 aliphatic carbocycles. The van der Waals surface area contributed by atoms with E-state index in [-0.39, 0.29) is 5.82 Å². The van der Waals surface area contributed by atoms with Crippen molar-refractivity contribution in [1.29, 1.82) is 0 Å². The molecule has 0 aliphatic heterocycles. The Morgan fingerprint density at radius 3 is 2.45 bits per heavy atom. The maximum Gasteiger partial charge on any atom is 0.129 e. The SMILES string of the molecule is CC(C)CN(Sc1ccc(Cl)nc1)c1ccc(F)cc1. The van der Waals surface area contributed by atoms with Gasteiger partial charge in [0.1, 0.15) is 11.0 Å². The first-order valence-corrected chi connectivity index (χ1v) is 7.52. The largest absolute Gasteiger partial charge is 0.312 e. The molecule has 0 bridgehead atoms. The van der Waals surface area contributed by atoms with Crippen molar-refractivity contribution in [3.63, 3.8) is 0 Å². The molecule has 1 aromatic carbocycles. The number of rotatable bonds is 5. The molecule has 0 aliphatic rings. The molecule has 0 atom stereocenters. The number of nitrogens with zero attached hydrogens (tertiary/aromatic N) is 2. The van der Waals surface area contributed by atoms with E-state index in [1.165, 1.54) is 12.1 Å². The second-order valence-electron chi connectivity index (χ2n) is 4.84. The summed E-state index contributed by atoms with van der Waals surface area (Å²) >= 11 is 7.37. The Hall–Kier alpha value is -1.26. The first-order chi connectivity index (χ1) is 9.54. The van der Waals surface area contributed by atoms with Crippen LogP contribution in [0.3, 0.4) is 0 Å². The number of hydrogen-bond donors (Lipinski definition) is 0. The molecule has 2 nitrogen and oxygen atoms in total. The molecular weight excluding hydrogens is 295 g/mol. The zero-order valence-electron chi connectivity index (χ0n) is 11.4. The molecule has 0 amide bonds. The first-order valence-electron chi connectivity index (χ1n) is 6.37. The number of halogens is 2. The summed E-state index contributed by atoms with van der Waals surface area (Å²) < 4.78 is 15.2. The summed E-state index contributed by atoms with van der Waals surface area (Å²) in [6.07, 6.45) is 1.74. The van der Waals surface area contributed by atoms with Gasteiger partial charge in [0.25, 0.3) is 0 Å². The summed E-state index contributed by atoms with van der Waals surface area (Å²) in [5.41, 5.74) is 0.972. The van der Waals surface area contributed by atoms with Crippen LogP contribution in [0, 0.1) is 11.7 Å². The van der Waals surface area contributed by atoms with Gasteiger partial charge in [-0.05, 0) is 54.3 Å². The van der Waals surface area contributed by atoms with Gasteiger partial charge >= 0.3 is 0 Å². The molecule has 2 rings (SSSR count). The summed E-state index contributed by atoms with van der Waals surface area (Å²) in [6, 6.07) is 10.2. The predicted octanol–water partition coefficient (Wildman–Crippen LogP) is 5.04. The third kappa shape index (κ3) is 4.39. The highest BCUT2D eigenvalue weighted by Crippen LogP contribution is 2.30. The van der Waals surface area contributed by atoms with Crippen LogP contribution in [0.25, 0.3) is 0 Å². The van der Waals surface area contributed by atoms with Gasteiger partial charge in [0.15, 0.2) is 0 Å². The zero-order chi connectivity index (χ0) is 14.5. The highest BCUT2D eigenvalue weighted by Gasteiger charge is 2.11. The van der Waals surface area contributed by atoms with Crippen molar-refractivity contribution in [3.05, 3.63) is 53.6 Å². The monoisotopic (exact) mass is 310 g/mol. The molecule has 0 saturated carbocycles. The van der Waals surface area contributed by atoms with Crippen molar-refractivity contribution in [3.8, 4) is 0 Å². The summed E-state index contributed by atoms with van der Waals surface area (Å²) in [6.45, 7) is 5.16. The van der Waals surface area contributed by atoms with E-state index in [1.807, 2.05) is 6.07 Å². The molecule has 0 fully saturated rings. The Balaban J connectivity index is 2.18. The van der Waals surface area contributed by atoms with Crippen molar-refractivity contribution >= 4 is 29.2 Å². The van der Waals surface area contributed by atoms with Gasteiger partial charge in [-0.15, -0.1) is 0 Å². The maximum atomic E-state index is 13.0. The second kappa shape index (κ2) is 6.95. The lowest BCUT2D eigenvalue weighted by atomic mass is 10.2. The second-order valence-corrected chi connectivity index (χ2v) is 6.32. The Bertz CT molecular complexity index is 543. The number of pyridine rings is 1. The molecule has 0 radical (unpaired) electrons. The molecule has 2 aromatic rings. The Labute approximate surface area is 128 Å². The van der Waals surface area contributed by atoms with E-state index in [0.717, 1.165) is 17.1 Å². The quantitative estimate of drug-likeness (QED) is 0.568. The molecule has 20 heavy (non-hydrogen) atoms. The van der Waals surface area contributed by atoms with E-state index >= 15 is 0 Å². The van der Waals surface area contributed by atoms with Crippen LogP contribution in [0.5, 0.6) is 0 Å². The van der Waals surface area contributed by atoms with Gasteiger partial charge < -0.3 is 4.31 Å². The number of benzene rings is 1. The van der Waals surface area contributed by atoms with Crippen molar-refractivity contribution in [2.45, 2.75) is 18.7 Å². The van der Waals surface area contributed by atoms with Gasteiger partial charge in [-0.2, -0.15) is 0 Å². The first kappa shape index (κ1) is 15.1. The van der Waals surface area contributed by atoms with E-state index in [9.17, 15) is 4.39 Å². The molecule has 0 unspecified atom stereocenters. The maximum absolute atomic E-state index is 13.0. The van der Waals surface area contributed by atoms with Gasteiger partial charge in [-0.1, -0.05) is 25.4 Å². The summed E-state index contributed by atoms with van der Waals surface area (Å²) in [7, 11) is 0. The molecule has 106 valence electrons. The van der Waals surface area contributed by atoms with Gasteiger partial charge in [-0.25, -0.2) is 9.37 Å². The fourth-order valence-corrected chi connectivity index (χ4v) is 2.87. The third-order valence-electron chi connectivity index (χ3n) is 2.56. The lowest BCUT2D eigenvalue weighted by Crippen LogP contribution is -2.20. The molecule has 0 saturated heterocycles. The Kier molecular flexibility index (Phi) is 5.26. The van der Waals surface area contributed by atoms with Crippen molar-refractivity contribution < 1.29 is 4.39 Å². The highest BCUT2D eigenvalue weighted by atomic mass is 35.5. The van der Waals surface area contributed by atoms with E-state index in [4.69, 9.17) is 11.6 Å². The average molecular weight is 311 g/mol. The number of hydrogen-bond acceptors (Lipinski definition) is 3. The van der Waals surface area contributed by atoms with Crippen LogP contribution < -0.4 is 4.31 Å². The van der Waals surface area contributed by atoms with Crippen LogP contribution in [-0.4, -0.2) is 11.5 Å². The fourth-order valence-electron chi connectivity index (χ4n) is 1.68. The topological polar surface area (TPSA) is 16.1 Å². The molecular formula is C15H16ClFN2S. The van der Waals surface area contributed by atoms with Crippen LogP contribution in [0.15, 0.2) is 47.5 Å². The minimum Gasteiger partial charge on any atom is -0.312 e. The molecule has 1 heterocycles. The van der Waals surface area contributed by atoms with Gasteiger partial charge in [0.2, 0.25) is 0 Å². The van der Waals surface area contributed by atoms with E-state index < -0.39 is 0 Å². The van der Waals surface area contributed by atoms with E-state index in [0.29, 0.717) is 11.1 Å². The van der Waals surface area contributed by atoms with Crippen LogP contribution in [-0.2, 0) is 0 Å². The summed E-state index contributed by atoms with van der Waals surface area (Å²) in [5, 5.41) is 0.478. The standard InChI is InChI=1S/C15H16ClFN2S/c1-11(2)10-19(13-5-3-12(17)4-6-13)20-14-7-8-15(16)18-9-14/h3-9,11H,10H2,1-2H3. The summed E-state index contributed by atoms with van der Waals surface area (Å²) in [5.74, 6) is 0.268. The number of anilines is 1. The lowest BCUT2D eigenvalue weighted by molar-refractivity contribution is 0.627.